The SMILES string of the molecule is Nc1ncc(C(F)(F)F)c(C(F)F)c1I. The lowest BCUT2D eigenvalue weighted by Crippen LogP contribution is -2.13. The van der Waals surface area contributed by atoms with Crippen LogP contribution in [-0.2, 0) is 6.18 Å². The summed E-state index contributed by atoms with van der Waals surface area (Å²) in [5, 5.41) is 0. The fourth-order valence-corrected chi connectivity index (χ4v) is 1.62. The van der Waals surface area contributed by atoms with Crippen molar-refractivity contribution in [3.05, 3.63) is 20.9 Å². The molecule has 0 aliphatic carbocycles. The smallest absolute Gasteiger partial charge is 0.383 e. The fourth-order valence-electron chi connectivity index (χ4n) is 0.956. The van der Waals surface area contributed by atoms with Gasteiger partial charge in [-0.3, -0.25) is 0 Å². The Morgan fingerprint density at radius 1 is 1.33 bits per heavy atom. The molecular weight excluding hydrogens is 334 g/mol. The Morgan fingerprint density at radius 2 is 1.87 bits per heavy atom. The zero-order valence-corrected chi connectivity index (χ0v) is 9.10. The van der Waals surface area contributed by atoms with Crippen molar-refractivity contribution in [2.75, 3.05) is 5.73 Å². The Hall–Kier alpha value is -0.670. The maximum Gasteiger partial charge on any atom is 0.418 e. The first-order valence-corrected chi connectivity index (χ1v) is 4.62. The van der Waals surface area contributed by atoms with E-state index in [1.807, 2.05) is 0 Å². The average molecular weight is 338 g/mol. The number of alkyl halides is 5. The summed E-state index contributed by atoms with van der Waals surface area (Å²) in [6.45, 7) is 0. The number of halogens is 6. The van der Waals surface area contributed by atoms with Gasteiger partial charge in [-0.05, 0) is 22.6 Å². The second-order valence-corrected chi connectivity index (χ2v) is 3.66. The van der Waals surface area contributed by atoms with E-state index in [1.165, 1.54) is 22.6 Å². The van der Waals surface area contributed by atoms with Crippen LogP contribution < -0.4 is 5.73 Å². The van der Waals surface area contributed by atoms with Crippen molar-refractivity contribution < 1.29 is 22.0 Å². The fraction of sp³-hybridized carbons (Fsp3) is 0.286. The summed E-state index contributed by atoms with van der Waals surface area (Å²) in [4.78, 5) is 3.21. The highest BCUT2D eigenvalue weighted by molar-refractivity contribution is 14.1. The second-order valence-electron chi connectivity index (χ2n) is 2.58. The molecule has 0 aliphatic heterocycles. The highest BCUT2D eigenvalue weighted by Crippen LogP contribution is 2.39. The van der Waals surface area contributed by atoms with Gasteiger partial charge in [-0.1, -0.05) is 0 Å². The number of hydrogen-bond acceptors (Lipinski definition) is 2. The summed E-state index contributed by atoms with van der Waals surface area (Å²) in [6, 6.07) is 0. The third kappa shape index (κ3) is 2.47. The van der Waals surface area contributed by atoms with Gasteiger partial charge in [-0.15, -0.1) is 0 Å². The maximum absolute atomic E-state index is 12.4. The van der Waals surface area contributed by atoms with Gasteiger partial charge in [0, 0.05) is 11.8 Å². The van der Waals surface area contributed by atoms with Gasteiger partial charge in [0.1, 0.15) is 5.82 Å². The summed E-state index contributed by atoms with van der Waals surface area (Å²) in [7, 11) is 0. The van der Waals surface area contributed by atoms with Crippen molar-refractivity contribution >= 4 is 28.4 Å². The molecule has 0 aliphatic rings. The summed E-state index contributed by atoms with van der Waals surface area (Å²) >= 11 is 1.32. The molecule has 15 heavy (non-hydrogen) atoms. The molecule has 0 bridgehead atoms. The standard InChI is InChI=1S/C7H4F5IN2/c8-5(9)3-2(7(10,11)12)1-15-6(14)4(3)13/h1,5H,(H2,14,15). The third-order valence-corrected chi connectivity index (χ3v) is 2.74. The Kier molecular flexibility index (Phi) is 3.36. The van der Waals surface area contributed by atoms with Crippen molar-refractivity contribution in [1.82, 2.24) is 4.98 Å². The molecule has 0 radical (unpaired) electrons. The van der Waals surface area contributed by atoms with Crippen molar-refractivity contribution in [2.24, 2.45) is 0 Å². The predicted molar refractivity (Wildman–Crippen MR) is 51.3 cm³/mol. The summed E-state index contributed by atoms with van der Waals surface area (Å²) in [5.74, 6) is -0.334. The van der Waals surface area contributed by atoms with E-state index in [0.29, 0.717) is 6.20 Å². The Balaban J connectivity index is 3.47. The molecule has 0 aromatic carbocycles. The van der Waals surface area contributed by atoms with Gasteiger partial charge in [0.25, 0.3) is 6.43 Å². The number of hydrogen-bond donors (Lipinski definition) is 1. The number of aromatic nitrogens is 1. The van der Waals surface area contributed by atoms with Gasteiger partial charge < -0.3 is 5.73 Å². The molecule has 0 saturated carbocycles. The largest absolute Gasteiger partial charge is 0.418 e. The van der Waals surface area contributed by atoms with E-state index in [2.05, 4.69) is 4.98 Å². The van der Waals surface area contributed by atoms with E-state index in [4.69, 9.17) is 5.73 Å². The molecule has 0 unspecified atom stereocenters. The number of nitrogens with zero attached hydrogens (tertiary/aromatic N) is 1. The molecule has 0 fully saturated rings. The minimum absolute atomic E-state index is 0.318. The Labute approximate surface area is 94.8 Å². The van der Waals surface area contributed by atoms with Crippen molar-refractivity contribution in [2.45, 2.75) is 12.6 Å². The lowest BCUT2D eigenvalue weighted by Gasteiger charge is -2.14. The zero-order chi connectivity index (χ0) is 11.8. The number of nitrogen functional groups attached to an aromatic ring is 1. The number of nitrogens with two attached hydrogens (primary N) is 1. The molecule has 84 valence electrons. The van der Waals surface area contributed by atoms with Crippen molar-refractivity contribution in [3.8, 4) is 0 Å². The molecule has 0 atom stereocenters. The summed E-state index contributed by atoms with van der Waals surface area (Å²) in [6.07, 6.45) is -7.77. The summed E-state index contributed by atoms with van der Waals surface area (Å²) in [5.41, 5.74) is 2.59. The first kappa shape index (κ1) is 12.4. The van der Waals surface area contributed by atoms with Crippen LogP contribution in [0.15, 0.2) is 6.20 Å². The lowest BCUT2D eigenvalue weighted by molar-refractivity contribution is -0.139. The maximum atomic E-state index is 12.4. The quantitative estimate of drug-likeness (QED) is 0.631. The molecule has 1 aromatic heterocycles. The van der Waals surface area contributed by atoms with Crippen molar-refractivity contribution in [1.29, 1.82) is 0 Å². The monoisotopic (exact) mass is 338 g/mol. The van der Waals surface area contributed by atoms with Crippen molar-refractivity contribution in [3.63, 3.8) is 0 Å². The van der Waals surface area contributed by atoms with E-state index >= 15 is 0 Å². The van der Waals surface area contributed by atoms with Crippen LogP contribution in [0.3, 0.4) is 0 Å². The van der Waals surface area contributed by atoms with Crippen LogP contribution in [0.4, 0.5) is 27.8 Å². The molecule has 0 spiro atoms. The number of pyridine rings is 1. The van der Waals surface area contributed by atoms with Crippen LogP contribution >= 0.6 is 22.6 Å². The minimum Gasteiger partial charge on any atom is -0.383 e. The highest BCUT2D eigenvalue weighted by Gasteiger charge is 2.37. The normalized spacial score (nSPS) is 12.2. The van der Waals surface area contributed by atoms with E-state index in [9.17, 15) is 22.0 Å². The molecule has 8 heteroatoms. The van der Waals surface area contributed by atoms with Crippen LogP contribution in [-0.4, -0.2) is 4.98 Å². The van der Waals surface area contributed by atoms with Gasteiger partial charge in [-0.25, -0.2) is 13.8 Å². The van der Waals surface area contributed by atoms with Crippen LogP contribution in [0, 0.1) is 3.57 Å². The molecular formula is C7H4F5IN2. The second kappa shape index (κ2) is 4.06. The van der Waals surface area contributed by atoms with E-state index < -0.39 is 23.7 Å². The molecule has 1 heterocycles. The van der Waals surface area contributed by atoms with E-state index in [0.717, 1.165) is 0 Å². The first-order valence-electron chi connectivity index (χ1n) is 3.54. The third-order valence-electron chi connectivity index (χ3n) is 1.61. The minimum atomic E-state index is -4.85. The van der Waals surface area contributed by atoms with Gasteiger partial charge >= 0.3 is 6.18 Å². The predicted octanol–water partition coefficient (Wildman–Crippen LogP) is 3.22. The first-order chi connectivity index (χ1) is 6.75. The highest BCUT2D eigenvalue weighted by atomic mass is 127. The summed E-state index contributed by atoms with van der Waals surface area (Å²) < 4.78 is 61.4. The topological polar surface area (TPSA) is 38.9 Å². The van der Waals surface area contributed by atoms with Gasteiger partial charge in [0.15, 0.2) is 0 Å². The number of anilines is 1. The lowest BCUT2D eigenvalue weighted by atomic mass is 10.1. The Bertz CT molecular complexity index is 376. The molecule has 2 N–H and O–H groups in total. The van der Waals surface area contributed by atoms with Crippen LogP contribution in [0.5, 0.6) is 0 Å². The van der Waals surface area contributed by atoms with E-state index in [1.54, 1.807) is 0 Å². The Morgan fingerprint density at radius 3 is 2.27 bits per heavy atom. The van der Waals surface area contributed by atoms with Gasteiger partial charge in [0.05, 0.1) is 9.13 Å². The van der Waals surface area contributed by atoms with E-state index in [-0.39, 0.29) is 9.39 Å². The molecule has 0 amide bonds. The molecule has 0 saturated heterocycles. The van der Waals surface area contributed by atoms with Crippen LogP contribution in [0.25, 0.3) is 0 Å². The molecule has 1 rings (SSSR count). The van der Waals surface area contributed by atoms with Crippen LogP contribution in [0.1, 0.15) is 17.6 Å². The molecule has 2 nitrogen and oxygen atoms in total. The van der Waals surface area contributed by atoms with Gasteiger partial charge in [0.2, 0.25) is 0 Å². The number of rotatable bonds is 1. The average Bonchev–Trinajstić information content (AvgIpc) is 2.06. The zero-order valence-electron chi connectivity index (χ0n) is 6.95. The van der Waals surface area contributed by atoms with Crippen LogP contribution in [0.2, 0.25) is 0 Å². The van der Waals surface area contributed by atoms with Gasteiger partial charge in [-0.2, -0.15) is 13.2 Å². The molecule has 1 aromatic rings.